The second kappa shape index (κ2) is 7.25. The van der Waals surface area contributed by atoms with Crippen LogP contribution in [0.2, 0.25) is 5.02 Å². The lowest BCUT2D eigenvalue weighted by Gasteiger charge is -2.39. The smallest absolute Gasteiger partial charge is 0.320 e. The molecule has 1 aromatic carbocycles. The highest BCUT2D eigenvalue weighted by atomic mass is 35.5. The Balaban J connectivity index is 1.44. The molecule has 0 radical (unpaired) electrons. The molecular weight excluding hydrogens is 359 g/mol. The summed E-state index contributed by atoms with van der Waals surface area (Å²) in [4.78, 5) is 23.0. The zero-order valence-corrected chi connectivity index (χ0v) is 15.1. The Morgan fingerprint density at radius 3 is 2.46 bits per heavy atom. The number of rotatable bonds is 1. The summed E-state index contributed by atoms with van der Waals surface area (Å²) in [5.41, 5.74) is 0.595. The summed E-state index contributed by atoms with van der Waals surface area (Å²) in [6.07, 6.45) is 0. The van der Waals surface area contributed by atoms with Crippen molar-refractivity contribution in [2.45, 2.75) is 0 Å². The maximum Gasteiger partial charge on any atom is 0.320 e. The molecule has 8 heteroatoms. The number of fused-ring (bicyclic) bond motifs is 1. The van der Waals surface area contributed by atoms with Gasteiger partial charge in [0.1, 0.15) is 11.6 Å². The van der Waals surface area contributed by atoms with Gasteiger partial charge < -0.3 is 19.4 Å². The molecule has 3 heterocycles. The monoisotopic (exact) mass is 378 g/mol. The molecule has 2 aliphatic heterocycles. The van der Waals surface area contributed by atoms with E-state index >= 15 is 0 Å². The van der Waals surface area contributed by atoms with Crippen LogP contribution in [-0.4, -0.2) is 73.3 Å². The van der Waals surface area contributed by atoms with Crippen molar-refractivity contribution in [1.82, 2.24) is 14.8 Å². The molecule has 26 heavy (non-hydrogen) atoms. The lowest BCUT2D eigenvalue weighted by Crippen LogP contribution is -2.55. The Morgan fingerprint density at radius 2 is 1.73 bits per heavy atom. The summed E-state index contributed by atoms with van der Waals surface area (Å²) < 4.78 is 18.8. The summed E-state index contributed by atoms with van der Waals surface area (Å²) >= 11 is 6.13. The number of hydrogen-bond donors (Lipinski definition) is 0. The standard InChI is InChI=1S/C18H20ClFN4O2/c19-15-12-14(20)11-13-1-2-16(21-17(13)15)22-3-5-23(6-4-22)18(25)24-7-9-26-10-8-24/h1-2,11-12H,3-10H2. The molecule has 0 spiro atoms. The molecule has 2 amide bonds. The van der Waals surface area contributed by atoms with E-state index in [4.69, 9.17) is 16.3 Å². The van der Waals surface area contributed by atoms with Crippen molar-refractivity contribution in [1.29, 1.82) is 0 Å². The van der Waals surface area contributed by atoms with E-state index in [2.05, 4.69) is 9.88 Å². The van der Waals surface area contributed by atoms with Gasteiger partial charge in [-0.05, 0) is 24.3 Å². The quantitative estimate of drug-likeness (QED) is 0.765. The second-order valence-corrected chi connectivity index (χ2v) is 6.89. The van der Waals surface area contributed by atoms with Crippen LogP contribution in [0.25, 0.3) is 10.9 Å². The number of halogens is 2. The van der Waals surface area contributed by atoms with E-state index in [9.17, 15) is 9.18 Å². The molecule has 0 unspecified atom stereocenters. The number of anilines is 1. The van der Waals surface area contributed by atoms with Crippen LogP contribution in [0, 0.1) is 5.82 Å². The molecule has 2 saturated heterocycles. The minimum absolute atomic E-state index is 0.0814. The summed E-state index contributed by atoms with van der Waals surface area (Å²) in [6, 6.07) is 6.49. The molecule has 138 valence electrons. The first-order valence-electron chi connectivity index (χ1n) is 8.74. The summed E-state index contributed by atoms with van der Waals surface area (Å²) in [6.45, 7) is 5.21. The maximum absolute atomic E-state index is 13.5. The summed E-state index contributed by atoms with van der Waals surface area (Å²) in [5, 5.41) is 0.989. The van der Waals surface area contributed by atoms with Gasteiger partial charge in [-0.25, -0.2) is 14.2 Å². The first kappa shape index (κ1) is 17.3. The minimum Gasteiger partial charge on any atom is -0.378 e. The van der Waals surface area contributed by atoms with Gasteiger partial charge in [0.2, 0.25) is 0 Å². The number of carbonyl (C=O) groups is 1. The summed E-state index contributed by atoms with van der Waals surface area (Å²) in [7, 11) is 0. The number of amides is 2. The largest absolute Gasteiger partial charge is 0.378 e. The number of nitrogens with zero attached hydrogens (tertiary/aromatic N) is 4. The highest BCUT2D eigenvalue weighted by Gasteiger charge is 2.26. The van der Waals surface area contributed by atoms with Gasteiger partial charge in [0, 0.05) is 44.7 Å². The zero-order valence-electron chi connectivity index (χ0n) is 14.3. The van der Waals surface area contributed by atoms with Gasteiger partial charge in [-0.3, -0.25) is 0 Å². The first-order chi connectivity index (χ1) is 12.6. The van der Waals surface area contributed by atoms with E-state index in [1.54, 1.807) is 0 Å². The molecule has 0 bridgehead atoms. The van der Waals surface area contributed by atoms with Gasteiger partial charge in [0.25, 0.3) is 0 Å². The van der Waals surface area contributed by atoms with Crippen molar-refractivity contribution >= 4 is 34.4 Å². The first-order valence-corrected chi connectivity index (χ1v) is 9.12. The predicted octanol–water partition coefficient (Wildman–Crippen LogP) is 2.60. The fraction of sp³-hybridized carbons (Fsp3) is 0.444. The molecule has 0 N–H and O–H groups in total. The van der Waals surface area contributed by atoms with Crippen LogP contribution >= 0.6 is 11.6 Å². The Kier molecular flexibility index (Phi) is 4.82. The van der Waals surface area contributed by atoms with Crippen LogP contribution in [0.3, 0.4) is 0 Å². The maximum atomic E-state index is 13.5. The van der Waals surface area contributed by atoms with E-state index in [0.29, 0.717) is 68.4 Å². The Bertz CT molecular complexity index is 820. The van der Waals surface area contributed by atoms with Crippen LogP contribution in [0.5, 0.6) is 0 Å². The number of aromatic nitrogens is 1. The highest BCUT2D eigenvalue weighted by molar-refractivity contribution is 6.35. The Hall–Kier alpha value is -2.12. The van der Waals surface area contributed by atoms with Gasteiger partial charge in [0.15, 0.2) is 0 Å². The third kappa shape index (κ3) is 3.41. The molecule has 2 fully saturated rings. The second-order valence-electron chi connectivity index (χ2n) is 6.48. The van der Waals surface area contributed by atoms with Gasteiger partial charge >= 0.3 is 6.03 Å². The van der Waals surface area contributed by atoms with Crippen molar-refractivity contribution in [3.63, 3.8) is 0 Å². The van der Waals surface area contributed by atoms with Crippen LogP contribution in [0.15, 0.2) is 24.3 Å². The van der Waals surface area contributed by atoms with E-state index in [0.717, 1.165) is 5.82 Å². The molecule has 6 nitrogen and oxygen atoms in total. The number of morpholine rings is 1. The number of urea groups is 1. The fourth-order valence-corrected chi connectivity index (χ4v) is 3.66. The van der Waals surface area contributed by atoms with Crippen molar-refractivity contribution in [2.24, 2.45) is 0 Å². The fourth-order valence-electron chi connectivity index (χ4n) is 3.40. The number of hydrogen-bond acceptors (Lipinski definition) is 4. The van der Waals surface area contributed by atoms with Gasteiger partial charge in [-0.15, -0.1) is 0 Å². The van der Waals surface area contributed by atoms with Crippen molar-refractivity contribution < 1.29 is 13.9 Å². The number of piperazine rings is 1. The SMILES string of the molecule is O=C(N1CCOCC1)N1CCN(c2ccc3cc(F)cc(Cl)c3n2)CC1. The third-order valence-corrected chi connectivity index (χ3v) is 5.14. The van der Waals surface area contributed by atoms with E-state index in [-0.39, 0.29) is 11.8 Å². The number of benzene rings is 1. The minimum atomic E-state index is -0.368. The van der Waals surface area contributed by atoms with Gasteiger partial charge in [-0.2, -0.15) is 0 Å². The average molecular weight is 379 g/mol. The highest BCUT2D eigenvalue weighted by Crippen LogP contribution is 2.26. The topological polar surface area (TPSA) is 48.9 Å². The summed E-state index contributed by atoms with van der Waals surface area (Å²) in [5.74, 6) is 0.428. The lowest BCUT2D eigenvalue weighted by molar-refractivity contribution is 0.0428. The third-order valence-electron chi connectivity index (χ3n) is 4.85. The Morgan fingerprint density at radius 1 is 1.04 bits per heavy atom. The average Bonchev–Trinajstić information content (AvgIpc) is 2.68. The van der Waals surface area contributed by atoms with E-state index < -0.39 is 0 Å². The van der Waals surface area contributed by atoms with Crippen LogP contribution < -0.4 is 4.90 Å². The van der Waals surface area contributed by atoms with Crippen molar-refractivity contribution in [3.8, 4) is 0 Å². The molecule has 1 aromatic heterocycles. The predicted molar refractivity (Wildman–Crippen MR) is 98.3 cm³/mol. The molecule has 0 aliphatic carbocycles. The normalized spacial score (nSPS) is 18.5. The molecule has 0 saturated carbocycles. The number of ether oxygens (including phenoxy) is 1. The molecule has 2 aliphatic rings. The van der Waals surface area contributed by atoms with Gasteiger partial charge in [0.05, 0.1) is 23.8 Å². The molecular formula is C18H20ClFN4O2. The van der Waals surface area contributed by atoms with Crippen molar-refractivity contribution in [2.75, 3.05) is 57.4 Å². The van der Waals surface area contributed by atoms with Crippen LogP contribution in [-0.2, 0) is 4.74 Å². The van der Waals surface area contributed by atoms with Gasteiger partial charge in [-0.1, -0.05) is 11.6 Å². The van der Waals surface area contributed by atoms with E-state index in [1.165, 1.54) is 12.1 Å². The lowest BCUT2D eigenvalue weighted by atomic mass is 10.2. The van der Waals surface area contributed by atoms with Crippen molar-refractivity contribution in [3.05, 3.63) is 35.1 Å². The van der Waals surface area contributed by atoms with Crippen LogP contribution in [0.4, 0.5) is 15.0 Å². The Labute approximate surface area is 156 Å². The van der Waals surface area contributed by atoms with Crippen LogP contribution in [0.1, 0.15) is 0 Å². The molecule has 2 aromatic rings. The number of pyridine rings is 1. The molecule has 0 atom stereocenters. The van der Waals surface area contributed by atoms with E-state index in [1.807, 2.05) is 21.9 Å². The molecule has 4 rings (SSSR count). The number of carbonyl (C=O) groups excluding carboxylic acids is 1. The zero-order chi connectivity index (χ0) is 18.1.